The number of aromatic nitrogens is 1. The van der Waals surface area contributed by atoms with Gasteiger partial charge in [0.2, 0.25) is 5.91 Å². The summed E-state index contributed by atoms with van der Waals surface area (Å²) in [6.07, 6.45) is 1.78. The Kier molecular flexibility index (Phi) is 3.67. The third kappa shape index (κ3) is 3.01. The fourth-order valence-electron chi connectivity index (χ4n) is 1.64. The van der Waals surface area contributed by atoms with Crippen LogP contribution in [0.25, 0.3) is 10.9 Å². The zero-order chi connectivity index (χ0) is 12.1. The summed E-state index contributed by atoms with van der Waals surface area (Å²) in [7, 11) is 1.63. The minimum atomic E-state index is -0.00699. The molecule has 0 saturated heterocycles. The summed E-state index contributed by atoms with van der Waals surface area (Å²) >= 11 is 0. The standard InChI is InChI=1S/C13H15N3O/c1-14-13(17)9-15-8-10-4-5-12-11(7-10)3-2-6-16-12/h2-7,15H,8-9H2,1H3,(H,14,17). The van der Waals surface area contributed by atoms with Gasteiger partial charge in [-0.3, -0.25) is 9.78 Å². The number of amides is 1. The van der Waals surface area contributed by atoms with Gasteiger partial charge >= 0.3 is 0 Å². The molecule has 1 heterocycles. The lowest BCUT2D eigenvalue weighted by Crippen LogP contribution is -2.30. The Labute approximate surface area is 100 Å². The first-order valence-corrected chi connectivity index (χ1v) is 5.54. The van der Waals surface area contributed by atoms with Crippen LogP contribution >= 0.6 is 0 Å². The van der Waals surface area contributed by atoms with Gasteiger partial charge < -0.3 is 10.6 Å². The van der Waals surface area contributed by atoms with Crippen molar-refractivity contribution in [3.8, 4) is 0 Å². The number of carbonyl (C=O) groups excluding carboxylic acids is 1. The van der Waals surface area contributed by atoms with Crippen molar-refractivity contribution in [1.82, 2.24) is 15.6 Å². The van der Waals surface area contributed by atoms with Crippen LogP contribution in [0.1, 0.15) is 5.56 Å². The van der Waals surface area contributed by atoms with Gasteiger partial charge in [-0.25, -0.2) is 0 Å². The van der Waals surface area contributed by atoms with Gasteiger partial charge in [-0.05, 0) is 23.8 Å². The fraction of sp³-hybridized carbons (Fsp3) is 0.231. The van der Waals surface area contributed by atoms with Crippen LogP contribution in [0.5, 0.6) is 0 Å². The number of rotatable bonds is 4. The van der Waals surface area contributed by atoms with Crippen molar-refractivity contribution in [2.45, 2.75) is 6.54 Å². The SMILES string of the molecule is CNC(=O)CNCc1ccc2ncccc2c1. The Morgan fingerprint density at radius 2 is 2.24 bits per heavy atom. The Morgan fingerprint density at radius 3 is 3.06 bits per heavy atom. The smallest absolute Gasteiger partial charge is 0.233 e. The van der Waals surface area contributed by atoms with E-state index in [2.05, 4.69) is 21.7 Å². The molecule has 0 aliphatic heterocycles. The van der Waals surface area contributed by atoms with Gasteiger partial charge in [0.25, 0.3) is 0 Å². The highest BCUT2D eigenvalue weighted by atomic mass is 16.1. The Morgan fingerprint density at radius 1 is 1.35 bits per heavy atom. The van der Waals surface area contributed by atoms with E-state index in [1.807, 2.05) is 24.3 Å². The van der Waals surface area contributed by atoms with Gasteiger partial charge in [0, 0.05) is 25.2 Å². The molecule has 4 heteroatoms. The van der Waals surface area contributed by atoms with Gasteiger partial charge in [0.15, 0.2) is 0 Å². The zero-order valence-corrected chi connectivity index (χ0v) is 9.73. The minimum Gasteiger partial charge on any atom is -0.358 e. The second-order valence-electron chi connectivity index (χ2n) is 3.81. The van der Waals surface area contributed by atoms with Crippen LogP contribution in [0.2, 0.25) is 0 Å². The first-order chi connectivity index (χ1) is 8.29. The lowest BCUT2D eigenvalue weighted by Gasteiger charge is -2.05. The molecule has 0 aliphatic carbocycles. The van der Waals surface area contributed by atoms with Gasteiger partial charge in [0.1, 0.15) is 0 Å². The van der Waals surface area contributed by atoms with Crippen molar-refractivity contribution in [2.24, 2.45) is 0 Å². The lowest BCUT2D eigenvalue weighted by molar-refractivity contribution is -0.119. The summed E-state index contributed by atoms with van der Waals surface area (Å²) in [5.74, 6) is -0.00699. The van der Waals surface area contributed by atoms with E-state index in [0.29, 0.717) is 13.1 Å². The van der Waals surface area contributed by atoms with Crippen molar-refractivity contribution in [3.63, 3.8) is 0 Å². The molecule has 0 saturated carbocycles. The normalized spacial score (nSPS) is 10.4. The highest BCUT2D eigenvalue weighted by molar-refractivity contribution is 5.79. The molecule has 0 radical (unpaired) electrons. The molecule has 0 fully saturated rings. The number of nitrogens with one attached hydrogen (secondary N) is 2. The van der Waals surface area contributed by atoms with Crippen molar-refractivity contribution in [3.05, 3.63) is 42.1 Å². The first kappa shape index (κ1) is 11.5. The molecule has 2 N–H and O–H groups in total. The van der Waals surface area contributed by atoms with Crippen molar-refractivity contribution >= 4 is 16.8 Å². The van der Waals surface area contributed by atoms with E-state index in [1.54, 1.807) is 13.2 Å². The highest BCUT2D eigenvalue weighted by Gasteiger charge is 1.99. The average Bonchev–Trinajstić information content (AvgIpc) is 2.38. The van der Waals surface area contributed by atoms with E-state index >= 15 is 0 Å². The molecule has 0 aliphatic rings. The molecule has 1 aromatic carbocycles. The van der Waals surface area contributed by atoms with Crippen molar-refractivity contribution < 1.29 is 4.79 Å². The third-order valence-electron chi connectivity index (χ3n) is 2.56. The van der Waals surface area contributed by atoms with E-state index < -0.39 is 0 Å². The highest BCUT2D eigenvalue weighted by Crippen LogP contribution is 2.12. The van der Waals surface area contributed by atoms with E-state index in [4.69, 9.17) is 0 Å². The van der Waals surface area contributed by atoms with Crippen LogP contribution in [0.3, 0.4) is 0 Å². The molecular formula is C13H15N3O. The summed E-state index contributed by atoms with van der Waals surface area (Å²) in [6, 6.07) is 10.0. The Bertz CT molecular complexity index is 525. The van der Waals surface area contributed by atoms with Crippen LogP contribution in [-0.4, -0.2) is 24.5 Å². The predicted molar refractivity (Wildman–Crippen MR) is 67.5 cm³/mol. The van der Waals surface area contributed by atoms with Crippen LogP contribution in [-0.2, 0) is 11.3 Å². The quantitative estimate of drug-likeness (QED) is 0.824. The van der Waals surface area contributed by atoms with Crippen LogP contribution in [0.4, 0.5) is 0 Å². The van der Waals surface area contributed by atoms with E-state index in [1.165, 1.54) is 0 Å². The summed E-state index contributed by atoms with van der Waals surface area (Å²) in [6.45, 7) is 1.01. The first-order valence-electron chi connectivity index (χ1n) is 5.54. The zero-order valence-electron chi connectivity index (χ0n) is 9.73. The van der Waals surface area contributed by atoms with Crippen LogP contribution in [0.15, 0.2) is 36.5 Å². The number of hydrogen-bond donors (Lipinski definition) is 2. The number of nitrogens with zero attached hydrogens (tertiary/aromatic N) is 1. The maximum absolute atomic E-state index is 11.0. The third-order valence-corrected chi connectivity index (χ3v) is 2.56. The van der Waals surface area contributed by atoms with Crippen molar-refractivity contribution in [2.75, 3.05) is 13.6 Å². The topological polar surface area (TPSA) is 54.0 Å². The summed E-state index contributed by atoms with van der Waals surface area (Å²) in [4.78, 5) is 15.3. The Hall–Kier alpha value is -1.94. The van der Waals surface area contributed by atoms with Gasteiger partial charge in [-0.2, -0.15) is 0 Å². The molecule has 17 heavy (non-hydrogen) atoms. The summed E-state index contributed by atoms with van der Waals surface area (Å²) in [5.41, 5.74) is 2.14. The Balaban J connectivity index is 2.02. The number of likely N-dealkylation sites (N-methyl/N-ethyl adjacent to an activating group) is 1. The average molecular weight is 229 g/mol. The van der Waals surface area contributed by atoms with Crippen LogP contribution in [0, 0.1) is 0 Å². The molecule has 0 unspecified atom stereocenters. The molecule has 4 nitrogen and oxygen atoms in total. The fourth-order valence-corrected chi connectivity index (χ4v) is 1.64. The molecule has 2 aromatic rings. The summed E-state index contributed by atoms with van der Waals surface area (Å²) in [5, 5.41) is 6.77. The molecule has 88 valence electrons. The molecule has 0 spiro atoms. The number of pyridine rings is 1. The number of hydrogen-bond acceptors (Lipinski definition) is 3. The second kappa shape index (κ2) is 5.41. The summed E-state index contributed by atoms with van der Waals surface area (Å²) < 4.78 is 0. The minimum absolute atomic E-state index is 0.00699. The van der Waals surface area contributed by atoms with E-state index in [9.17, 15) is 4.79 Å². The van der Waals surface area contributed by atoms with Gasteiger partial charge in [0.05, 0.1) is 12.1 Å². The second-order valence-corrected chi connectivity index (χ2v) is 3.81. The van der Waals surface area contributed by atoms with Gasteiger partial charge in [-0.15, -0.1) is 0 Å². The monoisotopic (exact) mass is 229 g/mol. The van der Waals surface area contributed by atoms with Crippen LogP contribution < -0.4 is 10.6 Å². The maximum atomic E-state index is 11.0. The molecule has 1 aromatic heterocycles. The predicted octanol–water partition coefficient (Wildman–Crippen LogP) is 1.07. The molecule has 0 atom stereocenters. The largest absolute Gasteiger partial charge is 0.358 e. The molecule has 0 bridgehead atoms. The van der Waals surface area contributed by atoms with Gasteiger partial charge in [-0.1, -0.05) is 12.1 Å². The molecule has 2 rings (SSSR count). The number of fused-ring (bicyclic) bond motifs is 1. The van der Waals surface area contributed by atoms with Crippen molar-refractivity contribution in [1.29, 1.82) is 0 Å². The maximum Gasteiger partial charge on any atom is 0.233 e. The lowest BCUT2D eigenvalue weighted by atomic mass is 10.1. The number of carbonyl (C=O) groups is 1. The van der Waals surface area contributed by atoms with E-state index in [0.717, 1.165) is 16.5 Å². The number of benzene rings is 1. The molecule has 1 amide bonds. The molecular weight excluding hydrogens is 214 g/mol. The van der Waals surface area contributed by atoms with E-state index in [-0.39, 0.29) is 5.91 Å².